The SMILES string of the molecule is O=C(C#Cc1ccc2occc2c1)NCc1ccc2c(c1)CN(C1CCC(=O)NC1=O)C2=O. The van der Waals surface area contributed by atoms with Gasteiger partial charge in [-0.15, -0.1) is 0 Å². The molecule has 1 saturated heterocycles. The Balaban J connectivity index is 1.22. The standard InChI is InChI=1S/C25H19N3O5/c29-22(7-3-15-2-6-21-17(11-15)9-10-33-21)26-13-16-1-4-19-18(12-16)14-28(25(19)32)20-5-8-23(30)27-24(20)31/h1-2,4,6,9-12,20H,5,8,13-14H2,(H,26,29)(H,27,30,31). The summed E-state index contributed by atoms with van der Waals surface area (Å²) in [6.45, 7) is 0.548. The van der Waals surface area contributed by atoms with E-state index in [1.807, 2.05) is 18.2 Å². The van der Waals surface area contributed by atoms with Crippen molar-refractivity contribution < 1.29 is 23.6 Å². The van der Waals surface area contributed by atoms with Crippen molar-refractivity contribution in [1.29, 1.82) is 0 Å². The summed E-state index contributed by atoms with van der Waals surface area (Å²) in [5, 5.41) is 5.97. The number of nitrogens with one attached hydrogen (secondary N) is 2. The van der Waals surface area contributed by atoms with Gasteiger partial charge in [0, 0.05) is 41.9 Å². The lowest BCUT2D eigenvalue weighted by Gasteiger charge is -2.29. The third-order valence-corrected chi connectivity index (χ3v) is 5.81. The monoisotopic (exact) mass is 441 g/mol. The molecule has 2 aromatic carbocycles. The maximum atomic E-state index is 12.8. The second-order valence-electron chi connectivity index (χ2n) is 8.00. The fourth-order valence-electron chi connectivity index (χ4n) is 4.14. The average Bonchev–Trinajstić information content (AvgIpc) is 3.40. The first-order valence-corrected chi connectivity index (χ1v) is 10.5. The highest BCUT2D eigenvalue weighted by Crippen LogP contribution is 2.28. The number of carbonyl (C=O) groups is 4. The number of carbonyl (C=O) groups excluding carboxylic acids is 4. The van der Waals surface area contributed by atoms with E-state index >= 15 is 0 Å². The lowest BCUT2D eigenvalue weighted by molar-refractivity contribution is -0.137. The predicted molar refractivity (Wildman–Crippen MR) is 117 cm³/mol. The van der Waals surface area contributed by atoms with Crippen molar-refractivity contribution in [2.45, 2.75) is 32.0 Å². The van der Waals surface area contributed by atoms with E-state index in [1.165, 1.54) is 4.90 Å². The van der Waals surface area contributed by atoms with E-state index in [1.54, 1.807) is 30.5 Å². The molecule has 2 aliphatic rings. The lowest BCUT2D eigenvalue weighted by Crippen LogP contribution is -2.52. The Morgan fingerprint density at radius 3 is 2.88 bits per heavy atom. The van der Waals surface area contributed by atoms with Crippen LogP contribution in [0.4, 0.5) is 0 Å². The molecule has 33 heavy (non-hydrogen) atoms. The molecule has 2 aliphatic heterocycles. The van der Waals surface area contributed by atoms with Crippen molar-refractivity contribution in [2.75, 3.05) is 0 Å². The number of nitrogens with zero attached hydrogens (tertiary/aromatic N) is 1. The van der Waals surface area contributed by atoms with Crippen LogP contribution in [0.5, 0.6) is 0 Å². The number of imide groups is 1. The van der Waals surface area contributed by atoms with Gasteiger partial charge in [-0.2, -0.15) is 0 Å². The highest BCUT2D eigenvalue weighted by molar-refractivity contribution is 6.05. The molecule has 0 radical (unpaired) electrons. The summed E-state index contributed by atoms with van der Waals surface area (Å²) in [6, 6.07) is 12.0. The van der Waals surface area contributed by atoms with Gasteiger partial charge in [0.2, 0.25) is 11.8 Å². The quantitative estimate of drug-likeness (QED) is 0.477. The molecule has 0 spiro atoms. The van der Waals surface area contributed by atoms with E-state index in [0.717, 1.165) is 22.1 Å². The molecule has 1 atom stereocenters. The third kappa shape index (κ3) is 4.08. The number of furan rings is 1. The molecule has 0 bridgehead atoms. The van der Waals surface area contributed by atoms with Crippen LogP contribution >= 0.6 is 0 Å². The Bertz CT molecular complexity index is 1380. The number of benzene rings is 2. The zero-order chi connectivity index (χ0) is 22.9. The van der Waals surface area contributed by atoms with E-state index in [0.29, 0.717) is 24.1 Å². The highest BCUT2D eigenvalue weighted by atomic mass is 16.3. The van der Waals surface area contributed by atoms with Gasteiger partial charge in [0.15, 0.2) is 0 Å². The van der Waals surface area contributed by atoms with Crippen molar-refractivity contribution in [2.24, 2.45) is 0 Å². The molecule has 1 fully saturated rings. The van der Waals surface area contributed by atoms with Gasteiger partial charge in [-0.25, -0.2) is 0 Å². The van der Waals surface area contributed by atoms with Crippen LogP contribution in [0.25, 0.3) is 11.0 Å². The van der Waals surface area contributed by atoms with Gasteiger partial charge in [-0.05, 0) is 47.9 Å². The Labute approximate surface area is 188 Å². The van der Waals surface area contributed by atoms with Crippen molar-refractivity contribution in [3.05, 3.63) is 71.0 Å². The summed E-state index contributed by atoms with van der Waals surface area (Å²) in [5.74, 6) is 4.03. The molecule has 1 aromatic heterocycles. The van der Waals surface area contributed by atoms with Crippen molar-refractivity contribution in [3.63, 3.8) is 0 Å². The predicted octanol–water partition coefficient (Wildman–Crippen LogP) is 1.86. The number of piperidine rings is 1. The van der Waals surface area contributed by atoms with E-state index in [9.17, 15) is 19.2 Å². The van der Waals surface area contributed by atoms with E-state index in [-0.39, 0.29) is 24.8 Å². The highest BCUT2D eigenvalue weighted by Gasteiger charge is 2.39. The van der Waals surface area contributed by atoms with Crippen LogP contribution in [0.15, 0.2) is 53.1 Å². The van der Waals surface area contributed by atoms with E-state index in [4.69, 9.17) is 4.42 Å². The molecule has 1 unspecified atom stereocenters. The minimum Gasteiger partial charge on any atom is -0.464 e. The minimum atomic E-state index is -0.651. The van der Waals surface area contributed by atoms with Gasteiger partial charge < -0.3 is 14.6 Å². The maximum absolute atomic E-state index is 12.8. The molecule has 3 aromatic rings. The summed E-state index contributed by atoms with van der Waals surface area (Å²) in [7, 11) is 0. The largest absolute Gasteiger partial charge is 0.464 e. The topological polar surface area (TPSA) is 109 Å². The van der Waals surface area contributed by atoms with Gasteiger partial charge in [0.1, 0.15) is 11.6 Å². The molecular weight excluding hydrogens is 422 g/mol. The molecule has 3 heterocycles. The van der Waals surface area contributed by atoms with Crippen molar-refractivity contribution in [3.8, 4) is 11.8 Å². The number of rotatable bonds is 3. The number of amides is 4. The third-order valence-electron chi connectivity index (χ3n) is 5.81. The van der Waals surface area contributed by atoms with E-state index in [2.05, 4.69) is 22.5 Å². The number of hydrogen-bond donors (Lipinski definition) is 2. The first-order chi connectivity index (χ1) is 16.0. The van der Waals surface area contributed by atoms with E-state index < -0.39 is 17.9 Å². The second-order valence-corrected chi connectivity index (χ2v) is 8.00. The minimum absolute atomic E-state index is 0.213. The summed E-state index contributed by atoms with van der Waals surface area (Å²) >= 11 is 0. The molecule has 5 rings (SSSR count). The maximum Gasteiger partial charge on any atom is 0.296 e. The van der Waals surface area contributed by atoms with Gasteiger partial charge in [0.05, 0.1) is 6.26 Å². The summed E-state index contributed by atoms with van der Waals surface area (Å²) in [5.41, 5.74) is 3.61. The molecule has 164 valence electrons. The first-order valence-electron chi connectivity index (χ1n) is 10.5. The second kappa shape index (κ2) is 8.28. The molecular formula is C25H19N3O5. The average molecular weight is 441 g/mol. The van der Waals surface area contributed by atoms with Crippen LogP contribution in [-0.2, 0) is 27.5 Å². The van der Waals surface area contributed by atoms with Crippen molar-refractivity contribution >= 4 is 34.6 Å². The number of hydrogen-bond acceptors (Lipinski definition) is 5. The Morgan fingerprint density at radius 1 is 1.15 bits per heavy atom. The van der Waals surface area contributed by atoms with Gasteiger partial charge in [-0.1, -0.05) is 18.1 Å². The molecule has 4 amide bonds. The van der Waals surface area contributed by atoms with Crippen LogP contribution in [0.1, 0.15) is 39.9 Å². The van der Waals surface area contributed by atoms with Crippen LogP contribution in [0.3, 0.4) is 0 Å². The number of fused-ring (bicyclic) bond motifs is 2. The Morgan fingerprint density at radius 2 is 2.03 bits per heavy atom. The fourth-order valence-corrected chi connectivity index (χ4v) is 4.14. The zero-order valence-electron chi connectivity index (χ0n) is 17.5. The first kappa shape index (κ1) is 20.5. The van der Waals surface area contributed by atoms with Crippen LogP contribution < -0.4 is 10.6 Å². The van der Waals surface area contributed by atoms with Gasteiger partial charge >= 0.3 is 0 Å². The van der Waals surface area contributed by atoms with Crippen LogP contribution in [0, 0.1) is 11.8 Å². The van der Waals surface area contributed by atoms with Crippen LogP contribution in [0.2, 0.25) is 0 Å². The smallest absolute Gasteiger partial charge is 0.296 e. The van der Waals surface area contributed by atoms with Crippen LogP contribution in [-0.4, -0.2) is 34.6 Å². The fraction of sp³-hybridized carbons (Fsp3) is 0.200. The summed E-state index contributed by atoms with van der Waals surface area (Å²) in [4.78, 5) is 50.0. The molecule has 0 saturated carbocycles. The Kier molecular flexibility index (Phi) is 5.15. The summed E-state index contributed by atoms with van der Waals surface area (Å²) in [6.07, 6.45) is 2.13. The lowest BCUT2D eigenvalue weighted by atomic mass is 10.0. The molecule has 2 N–H and O–H groups in total. The molecule has 8 heteroatoms. The van der Waals surface area contributed by atoms with Gasteiger partial charge in [-0.3, -0.25) is 24.5 Å². The van der Waals surface area contributed by atoms with Gasteiger partial charge in [0.25, 0.3) is 11.8 Å². The summed E-state index contributed by atoms with van der Waals surface area (Å²) < 4.78 is 5.29. The molecule has 0 aliphatic carbocycles. The Hall–Kier alpha value is -4.38. The van der Waals surface area contributed by atoms with Crippen molar-refractivity contribution in [1.82, 2.24) is 15.5 Å². The zero-order valence-corrected chi connectivity index (χ0v) is 17.5. The molecule has 8 nitrogen and oxygen atoms in total. The normalized spacial score (nSPS) is 17.4.